The maximum Gasteiger partial charge on any atom is 0.0346 e. The van der Waals surface area contributed by atoms with Gasteiger partial charge in [-0.1, -0.05) is 26.0 Å². The Morgan fingerprint density at radius 1 is 1.11 bits per heavy atom. The maximum absolute atomic E-state index is 4.14. The Morgan fingerprint density at radius 2 is 1.95 bits per heavy atom. The largest absolute Gasteiger partial charge is 0.311 e. The number of benzene rings is 1. The van der Waals surface area contributed by atoms with Gasteiger partial charge in [0.2, 0.25) is 0 Å². The van der Waals surface area contributed by atoms with Crippen molar-refractivity contribution in [1.29, 1.82) is 0 Å². The molecule has 102 valence electrons. The molecule has 0 aliphatic rings. The fourth-order valence-electron chi connectivity index (χ4n) is 2.25. The van der Waals surface area contributed by atoms with Gasteiger partial charge < -0.3 is 10.2 Å². The lowest BCUT2D eigenvalue weighted by Gasteiger charge is -2.18. The van der Waals surface area contributed by atoms with Gasteiger partial charge in [0, 0.05) is 37.4 Å². The second-order valence-corrected chi connectivity index (χ2v) is 4.76. The van der Waals surface area contributed by atoms with Crippen molar-refractivity contribution in [3.63, 3.8) is 0 Å². The summed E-state index contributed by atoms with van der Waals surface area (Å²) in [6.45, 7) is 9.75. The minimum atomic E-state index is 0.930. The molecule has 3 heteroatoms. The van der Waals surface area contributed by atoms with Crippen molar-refractivity contribution in [2.24, 2.45) is 0 Å². The van der Waals surface area contributed by atoms with Crippen molar-refractivity contribution >= 4 is 10.8 Å². The molecule has 0 aliphatic heterocycles. The monoisotopic (exact) mass is 257 g/mol. The first kappa shape index (κ1) is 14.0. The molecule has 0 unspecified atom stereocenters. The average molecular weight is 257 g/mol. The van der Waals surface area contributed by atoms with Crippen molar-refractivity contribution in [3.05, 3.63) is 42.2 Å². The molecular weight excluding hydrogens is 234 g/mol. The normalized spacial score (nSPS) is 11.3. The van der Waals surface area contributed by atoms with Gasteiger partial charge in [-0.05, 0) is 36.2 Å². The summed E-state index contributed by atoms with van der Waals surface area (Å²) in [5.41, 5.74) is 1.33. The molecule has 1 aromatic carbocycles. The highest BCUT2D eigenvalue weighted by Crippen LogP contribution is 2.14. The van der Waals surface area contributed by atoms with Gasteiger partial charge >= 0.3 is 0 Å². The maximum atomic E-state index is 4.14. The number of hydrogen-bond donors (Lipinski definition) is 1. The second kappa shape index (κ2) is 7.22. The molecule has 2 rings (SSSR count). The van der Waals surface area contributed by atoms with Crippen molar-refractivity contribution in [1.82, 2.24) is 15.2 Å². The zero-order chi connectivity index (χ0) is 13.5. The third-order valence-electron chi connectivity index (χ3n) is 3.53. The summed E-state index contributed by atoms with van der Waals surface area (Å²) < 4.78 is 0. The first-order chi connectivity index (χ1) is 9.33. The van der Waals surface area contributed by atoms with E-state index in [0.29, 0.717) is 0 Å². The standard InChI is InChI=1S/C16H23N3/c1-3-19(4-2)10-9-18-12-14-5-6-16-13-17-8-7-15(16)11-14/h5-8,11,13,18H,3-4,9-10,12H2,1-2H3. The number of rotatable bonds is 7. The molecule has 0 atom stereocenters. The number of aromatic nitrogens is 1. The molecule has 1 aromatic heterocycles. The zero-order valence-electron chi connectivity index (χ0n) is 11.9. The third kappa shape index (κ3) is 4.01. The van der Waals surface area contributed by atoms with E-state index in [2.05, 4.69) is 53.3 Å². The van der Waals surface area contributed by atoms with Gasteiger partial charge in [-0.25, -0.2) is 0 Å². The number of fused-ring (bicyclic) bond motifs is 1. The number of likely N-dealkylation sites (N-methyl/N-ethyl adjacent to an activating group) is 1. The van der Waals surface area contributed by atoms with Crippen LogP contribution in [0.15, 0.2) is 36.7 Å². The van der Waals surface area contributed by atoms with Crippen molar-refractivity contribution in [3.8, 4) is 0 Å². The van der Waals surface area contributed by atoms with Gasteiger partial charge in [0.05, 0.1) is 0 Å². The molecule has 0 saturated heterocycles. The van der Waals surface area contributed by atoms with E-state index >= 15 is 0 Å². The van der Waals surface area contributed by atoms with Crippen molar-refractivity contribution in [2.75, 3.05) is 26.2 Å². The molecule has 2 aromatic rings. The average Bonchev–Trinajstić information content (AvgIpc) is 2.47. The van der Waals surface area contributed by atoms with Crippen LogP contribution < -0.4 is 5.32 Å². The predicted molar refractivity (Wildman–Crippen MR) is 81.2 cm³/mol. The first-order valence-corrected chi connectivity index (χ1v) is 7.09. The Bertz CT molecular complexity index is 506. The highest BCUT2D eigenvalue weighted by molar-refractivity contribution is 5.81. The predicted octanol–water partition coefficient (Wildman–Crippen LogP) is 2.67. The summed E-state index contributed by atoms with van der Waals surface area (Å²) in [4.78, 5) is 6.56. The van der Waals surface area contributed by atoms with Crippen LogP contribution in [0.5, 0.6) is 0 Å². The van der Waals surface area contributed by atoms with E-state index in [1.807, 2.05) is 12.4 Å². The Balaban J connectivity index is 1.84. The molecule has 3 nitrogen and oxygen atoms in total. The van der Waals surface area contributed by atoms with Gasteiger partial charge in [-0.15, -0.1) is 0 Å². The minimum absolute atomic E-state index is 0.930. The topological polar surface area (TPSA) is 28.2 Å². The van der Waals surface area contributed by atoms with Crippen LogP contribution in [0.2, 0.25) is 0 Å². The van der Waals surface area contributed by atoms with Crippen LogP contribution in [-0.2, 0) is 6.54 Å². The molecule has 0 radical (unpaired) electrons. The van der Waals surface area contributed by atoms with Gasteiger partial charge in [-0.3, -0.25) is 4.98 Å². The molecule has 0 fully saturated rings. The first-order valence-electron chi connectivity index (χ1n) is 7.09. The van der Waals surface area contributed by atoms with Gasteiger partial charge in [0.1, 0.15) is 0 Å². The van der Waals surface area contributed by atoms with E-state index in [-0.39, 0.29) is 0 Å². The van der Waals surface area contributed by atoms with Crippen LogP contribution in [0, 0.1) is 0 Å². The van der Waals surface area contributed by atoms with Crippen molar-refractivity contribution < 1.29 is 0 Å². The smallest absolute Gasteiger partial charge is 0.0346 e. The van der Waals surface area contributed by atoms with Gasteiger partial charge in [0.15, 0.2) is 0 Å². The summed E-state index contributed by atoms with van der Waals surface area (Å²) in [6.07, 6.45) is 3.76. The highest BCUT2D eigenvalue weighted by Gasteiger charge is 1.99. The van der Waals surface area contributed by atoms with Crippen LogP contribution in [0.3, 0.4) is 0 Å². The molecule has 0 amide bonds. The lowest BCUT2D eigenvalue weighted by molar-refractivity contribution is 0.302. The molecule has 1 heterocycles. The van der Waals surface area contributed by atoms with Gasteiger partial charge in [0.25, 0.3) is 0 Å². The number of pyridine rings is 1. The van der Waals surface area contributed by atoms with E-state index in [9.17, 15) is 0 Å². The van der Waals surface area contributed by atoms with E-state index in [4.69, 9.17) is 0 Å². The molecule has 0 bridgehead atoms. The number of nitrogens with zero attached hydrogens (tertiary/aromatic N) is 2. The lowest BCUT2D eigenvalue weighted by atomic mass is 10.1. The van der Waals surface area contributed by atoms with Crippen LogP contribution in [0.4, 0.5) is 0 Å². The van der Waals surface area contributed by atoms with Crippen LogP contribution in [0.25, 0.3) is 10.8 Å². The summed E-state index contributed by atoms with van der Waals surface area (Å²) in [6, 6.07) is 8.62. The minimum Gasteiger partial charge on any atom is -0.311 e. The molecule has 0 spiro atoms. The van der Waals surface area contributed by atoms with E-state index in [0.717, 1.165) is 32.7 Å². The summed E-state index contributed by atoms with van der Waals surface area (Å²) >= 11 is 0. The van der Waals surface area contributed by atoms with E-state index < -0.39 is 0 Å². The number of hydrogen-bond acceptors (Lipinski definition) is 3. The lowest BCUT2D eigenvalue weighted by Crippen LogP contribution is -2.31. The summed E-state index contributed by atoms with van der Waals surface area (Å²) in [5, 5.41) is 5.97. The van der Waals surface area contributed by atoms with Crippen LogP contribution in [-0.4, -0.2) is 36.1 Å². The molecule has 1 N–H and O–H groups in total. The van der Waals surface area contributed by atoms with E-state index in [1.165, 1.54) is 16.3 Å². The molecule has 0 aliphatic carbocycles. The quantitative estimate of drug-likeness (QED) is 0.773. The third-order valence-corrected chi connectivity index (χ3v) is 3.53. The Kier molecular flexibility index (Phi) is 5.31. The number of nitrogens with one attached hydrogen (secondary N) is 1. The second-order valence-electron chi connectivity index (χ2n) is 4.76. The molecule has 19 heavy (non-hydrogen) atoms. The summed E-state index contributed by atoms with van der Waals surface area (Å²) in [5.74, 6) is 0. The van der Waals surface area contributed by atoms with Crippen molar-refractivity contribution in [2.45, 2.75) is 20.4 Å². The summed E-state index contributed by atoms with van der Waals surface area (Å²) in [7, 11) is 0. The SMILES string of the molecule is CCN(CC)CCNCc1ccc2cnccc2c1. The zero-order valence-corrected chi connectivity index (χ0v) is 11.9. The van der Waals surface area contributed by atoms with E-state index in [1.54, 1.807) is 0 Å². The highest BCUT2D eigenvalue weighted by atomic mass is 15.1. The van der Waals surface area contributed by atoms with Crippen LogP contribution >= 0.6 is 0 Å². The van der Waals surface area contributed by atoms with Crippen LogP contribution in [0.1, 0.15) is 19.4 Å². The Morgan fingerprint density at radius 3 is 2.74 bits per heavy atom. The molecule has 0 saturated carbocycles. The van der Waals surface area contributed by atoms with Gasteiger partial charge in [-0.2, -0.15) is 0 Å². The fourth-order valence-corrected chi connectivity index (χ4v) is 2.25. The Hall–Kier alpha value is -1.45. The Labute approximate surface area is 115 Å². The molecular formula is C16H23N3. The fraction of sp³-hybridized carbons (Fsp3) is 0.438.